The van der Waals surface area contributed by atoms with Gasteiger partial charge in [-0.15, -0.1) is 0 Å². The fourth-order valence-corrected chi connectivity index (χ4v) is 7.22. The van der Waals surface area contributed by atoms with Gasteiger partial charge in [0.05, 0.1) is 12.1 Å². The number of hydrogen-bond acceptors (Lipinski definition) is 6. The molecule has 2 saturated heterocycles. The summed E-state index contributed by atoms with van der Waals surface area (Å²) >= 11 is 4.13. The molecule has 7 rings (SSSR count). The van der Waals surface area contributed by atoms with Gasteiger partial charge in [-0.25, -0.2) is 0 Å². The van der Waals surface area contributed by atoms with Crippen molar-refractivity contribution in [2.45, 2.75) is 43.1 Å². The van der Waals surface area contributed by atoms with Crippen molar-refractivity contribution >= 4 is 47.4 Å². The number of para-hydroxylation sites is 2. The Hall–Kier alpha value is -3.49. The third kappa shape index (κ3) is 3.99. The van der Waals surface area contributed by atoms with Crippen LogP contribution in [0.2, 0.25) is 0 Å². The summed E-state index contributed by atoms with van der Waals surface area (Å²) in [6.07, 6.45) is 4.45. The number of amides is 2. The molecule has 1 saturated carbocycles. The molecule has 0 bridgehead atoms. The quantitative estimate of drug-likeness (QED) is 0.401. The Morgan fingerprint density at radius 3 is 2.15 bits per heavy atom. The number of benzene rings is 3. The highest BCUT2D eigenvalue weighted by atomic mass is 32.1. The highest BCUT2D eigenvalue weighted by molar-refractivity contribution is 7.81. The molecule has 3 aromatic carbocycles. The molecule has 0 aromatic heterocycles. The zero-order chi connectivity index (χ0) is 27.3. The van der Waals surface area contributed by atoms with Crippen molar-refractivity contribution in [3.8, 4) is 0 Å². The van der Waals surface area contributed by atoms with Crippen LogP contribution in [0.5, 0.6) is 0 Å². The zero-order valence-electron chi connectivity index (χ0n) is 22.6. The number of rotatable bonds is 7. The van der Waals surface area contributed by atoms with E-state index in [1.54, 1.807) is 0 Å². The van der Waals surface area contributed by atoms with Crippen LogP contribution >= 0.6 is 12.8 Å². The van der Waals surface area contributed by atoms with Crippen molar-refractivity contribution in [1.82, 2.24) is 4.90 Å². The van der Waals surface area contributed by atoms with Gasteiger partial charge in [0.2, 0.25) is 5.91 Å². The predicted molar refractivity (Wildman–Crippen MR) is 163 cm³/mol. The van der Waals surface area contributed by atoms with Crippen molar-refractivity contribution in [1.29, 1.82) is 0 Å². The lowest BCUT2D eigenvalue weighted by Crippen LogP contribution is -2.56. The van der Waals surface area contributed by atoms with Crippen LogP contribution in [-0.2, 0) is 15.0 Å². The van der Waals surface area contributed by atoms with E-state index in [2.05, 4.69) is 57.7 Å². The number of piperidine rings is 1. The average molecular weight is 554 g/mol. The number of nitrogens with zero attached hydrogens (tertiary/aromatic N) is 4. The van der Waals surface area contributed by atoms with Gasteiger partial charge < -0.3 is 19.4 Å². The molecule has 4 aliphatic rings. The fourth-order valence-electron chi connectivity index (χ4n) is 7.07. The Morgan fingerprint density at radius 2 is 1.45 bits per heavy atom. The molecule has 2 amide bonds. The molecule has 1 aliphatic carbocycles. The van der Waals surface area contributed by atoms with E-state index < -0.39 is 5.54 Å². The number of nitrogens with one attached hydrogen (secondary N) is 1. The number of carbonyl (C=O) groups excluding carboxylic acids is 2. The SMILES string of the molecule is O=C1N(CCCN2CCC3(CC2)C(=O)N(c2ccc(NS)cc2)CN3c2ccccc2)c2ccccc2C12CC2. The summed E-state index contributed by atoms with van der Waals surface area (Å²) in [7, 11) is 0. The van der Waals surface area contributed by atoms with Gasteiger partial charge in [-0.05, 0) is 86.7 Å². The Labute approximate surface area is 241 Å². The molecule has 206 valence electrons. The van der Waals surface area contributed by atoms with Crippen LogP contribution in [0.3, 0.4) is 0 Å². The van der Waals surface area contributed by atoms with Crippen molar-refractivity contribution in [3.05, 3.63) is 84.4 Å². The van der Waals surface area contributed by atoms with Crippen molar-refractivity contribution < 1.29 is 9.59 Å². The molecule has 1 N–H and O–H groups in total. The van der Waals surface area contributed by atoms with E-state index in [0.717, 1.165) is 81.0 Å². The molecule has 3 aliphatic heterocycles. The topological polar surface area (TPSA) is 59.1 Å². The summed E-state index contributed by atoms with van der Waals surface area (Å²) in [4.78, 5) is 36.1. The van der Waals surface area contributed by atoms with Gasteiger partial charge in [-0.3, -0.25) is 14.5 Å². The Balaban J connectivity index is 1.04. The molecule has 3 fully saturated rings. The van der Waals surface area contributed by atoms with Crippen LogP contribution in [0.1, 0.15) is 37.7 Å². The minimum atomic E-state index is -0.555. The Kier molecular flexibility index (Phi) is 6.28. The minimum Gasteiger partial charge on any atom is -0.338 e. The van der Waals surface area contributed by atoms with Gasteiger partial charge in [0.15, 0.2) is 0 Å². The predicted octanol–water partition coefficient (Wildman–Crippen LogP) is 5.06. The lowest BCUT2D eigenvalue weighted by Gasteiger charge is -2.43. The lowest BCUT2D eigenvalue weighted by atomic mass is 9.85. The van der Waals surface area contributed by atoms with Gasteiger partial charge in [0.1, 0.15) is 5.54 Å². The summed E-state index contributed by atoms with van der Waals surface area (Å²) < 4.78 is 2.85. The smallest absolute Gasteiger partial charge is 0.254 e. The molecular weight excluding hydrogens is 518 g/mol. The number of thiol groups is 1. The van der Waals surface area contributed by atoms with E-state index in [-0.39, 0.29) is 11.3 Å². The minimum absolute atomic E-state index is 0.177. The maximum absolute atomic E-state index is 14.1. The average Bonchev–Trinajstić information content (AvgIpc) is 3.73. The number of hydrogen-bond donors (Lipinski definition) is 2. The van der Waals surface area contributed by atoms with Crippen LogP contribution in [0.25, 0.3) is 0 Å². The highest BCUT2D eigenvalue weighted by Gasteiger charge is 2.59. The van der Waals surface area contributed by atoms with Crippen molar-refractivity contribution in [2.24, 2.45) is 0 Å². The molecule has 0 radical (unpaired) electrons. The van der Waals surface area contributed by atoms with E-state index in [1.165, 1.54) is 5.56 Å². The largest absolute Gasteiger partial charge is 0.338 e. The fraction of sp³-hybridized carbons (Fsp3) is 0.375. The maximum atomic E-state index is 14.1. The van der Waals surface area contributed by atoms with E-state index in [0.29, 0.717) is 12.6 Å². The summed E-state index contributed by atoms with van der Waals surface area (Å²) in [5.41, 5.74) is 4.43. The van der Waals surface area contributed by atoms with Gasteiger partial charge >= 0.3 is 0 Å². The molecule has 7 nitrogen and oxygen atoms in total. The number of likely N-dealkylation sites (tertiary alicyclic amines) is 1. The second kappa shape index (κ2) is 9.85. The molecule has 8 heteroatoms. The van der Waals surface area contributed by atoms with Gasteiger partial charge in [0.25, 0.3) is 5.91 Å². The monoisotopic (exact) mass is 553 g/mol. The molecule has 40 heavy (non-hydrogen) atoms. The third-order valence-corrected chi connectivity index (χ3v) is 9.73. The first-order valence-electron chi connectivity index (χ1n) is 14.3. The first-order valence-corrected chi connectivity index (χ1v) is 14.8. The first-order chi connectivity index (χ1) is 19.6. The van der Waals surface area contributed by atoms with Crippen LogP contribution in [0, 0.1) is 0 Å². The van der Waals surface area contributed by atoms with Crippen molar-refractivity contribution in [3.63, 3.8) is 0 Å². The van der Waals surface area contributed by atoms with E-state index >= 15 is 0 Å². The van der Waals surface area contributed by atoms with Crippen LogP contribution in [0.4, 0.5) is 22.7 Å². The number of carbonyl (C=O) groups is 2. The van der Waals surface area contributed by atoms with Gasteiger partial charge in [-0.2, -0.15) is 0 Å². The van der Waals surface area contributed by atoms with Crippen LogP contribution in [-0.4, -0.2) is 55.1 Å². The standard InChI is InChI=1S/C32H35N5O2S/c38-29-31(15-16-31)27-9-4-5-10-28(27)35(29)20-6-19-34-21-17-32(18-22-34)30(39)36(25-13-11-24(33-40)12-14-25)23-37(32)26-7-2-1-3-8-26/h1-5,7-14,33,40H,6,15-23H2. The van der Waals surface area contributed by atoms with E-state index in [4.69, 9.17) is 0 Å². The summed E-state index contributed by atoms with van der Waals surface area (Å²) in [6.45, 7) is 3.93. The van der Waals surface area contributed by atoms with E-state index in [9.17, 15) is 9.59 Å². The van der Waals surface area contributed by atoms with Gasteiger partial charge in [-0.1, -0.05) is 49.2 Å². The van der Waals surface area contributed by atoms with Gasteiger partial charge in [0, 0.05) is 42.4 Å². The maximum Gasteiger partial charge on any atom is 0.254 e. The molecule has 2 spiro atoms. The lowest BCUT2D eigenvalue weighted by molar-refractivity contribution is -0.123. The molecule has 3 heterocycles. The Bertz CT molecular complexity index is 1420. The molecule has 3 aromatic rings. The second-order valence-corrected chi connectivity index (χ2v) is 11.8. The molecule has 0 atom stereocenters. The summed E-state index contributed by atoms with van der Waals surface area (Å²) in [6, 6.07) is 26.5. The van der Waals surface area contributed by atoms with Crippen LogP contribution in [0.15, 0.2) is 78.9 Å². The summed E-state index contributed by atoms with van der Waals surface area (Å²) in [5, 5.41) is 0. The molecular formula is C32H35N5O2S. The third-order valence-electron chi connectivity index (χ3n) is 9.47. The first kappa shape index (κ1) is 25.5. The zero-order valence-corrected chi connectivity index (χ0v) is 23.5. The highest BCUT2D eigenvalue weighted by Crippen LogP contribution is 2.57. The summed E-state index contributed by atoms with van der Waals surface area (Å²) in [5.74, 6) is 0.469. The van der Waals surface area contributed by atoms with E-state index in [1.807, 2.05) is 58.3 Å². The van der Waals surface area contributed by atoms with Crippen LogP contribution < -0.4 is 19.4 Å². The number of fused-ring (bicyclic) bond motifs is 2. The normalized spacial score (nSPS) is 21.0. The molecule has 0 unspecified atom stereocenters. The van der Waals surface area contributed by atoms with Crippen molar-refractivity contribution in [2.75, 3.05) is 52.3 Å². The Morgan fingerprint density at radius 1 is 0.750 bits per heavy atom. The number of anilines is 4. The second-order valence-electron chi connectivity index (χ2n) is 11.6.